The third-order valence-electron chi connectivity index (χ3n) is 4.48. The summed E-state index contributed by atoms with van der Waals surface area (Å²) in [5, 5.41) is 12.1. The van der Waals surface area contributed by atoms with E-state index in [0.717, 1.165) is 38.6 Å². The number of aliphatic hydroxyl groups excluding tert-OH is 1. The summed E-state index contributed by atoms with van der Waals surface area (Å²) < 4.78 is 0. The van der Waals surface area contributed by atoms with Gasteiger partial charge in [-0.2, -0.15) is 0 Å². The summed E-state index contributed by atoms with van der Waals surface area (Å²) in [5.74, 6) is 0.231. The lowest BCUT2D eigenvalue weighted by atomic mass is 9.87. The maximum Gasteiger partial charge on any atom is 0.225 e. The predicted octanol–water partition coefficient (Wildman–Crippen LogP) is 1.85. The summed E-state index contributed by atoms with van der Waals surface area (Å²) in [6.45, 7) is 3.09. The Bertz CT molecular complexity index is 265. The second kappa shape index (κ2) is 4.36. The maximum atomic E-state index is 12.1. The molecule has 2 fully saturated rings. The Balaban J connectivity index is 1.79. The zero-order valence-electron chi connectivity index (χ0n) is 10.2. The molecule has 3 heteroatoms. The summed E-state index contributed by atoms with van der Waals surface area (Å²) >= 11 is 0. The Morgan fingerprint density at radius 2 is 1.88 bits per heavy atom. The molecule has 1 amide bonds. The molecular formula is C13H23NO2. The third kappa shape index (κ3) is 2.40. The highest BCUT2D eigenvalue weighted by Gasteiger charge is 2.43. The largest absolute Gasteiger partial charge is 0.396 e. The smallest absolute Gasteiger partial charge is 0.225 e. The van der Waals surface area contributed by atoms with E-state index in [9.17, 15) is 4.79 Å². The van der Waals surface area contributed by atoms with Crippen LogP contribution in [0.4, 0.5) is 0 Å². The van der Waals surface area contributed by atoms with E-state index in [4.69, 9.17) is 5.11 Å². The predicted molar refractivity (Wildman–Crippen MR) is 63.0 cm³/mol. The molecule has 0 aromatic heterocycles. The van der Waals surface area contributed by atoms with Gasteiger partial charge in [-0.25, -0.2) is 0 Å². The van der Waals surface area contributed by atoms with Crippen LogP contribution in [0.2, 0.25) is 0 Å². The lowest BCUT2D eigenvalue weighted by Gasteiger charge is -2.24. The number of hydrogen-bond donors (Lipinski definition) is 2. The first-order valence-corrected chi connectivity index (χ1v) is 6.50. The molecule has 0 radical (unpaired) electrons. The summed E-state index contributed by atoms with van der Waals surface area (Å²) in [4.78, 5) is 12.1. The van der Waals surface area contributed by atoms with Crippen LogP contribution in [0.1, 0.15) is 51.9 Å². The average molecular weight is 225 g/mol. The van der Waals surface area contributed by atoms with Crippen molar-refractivity contribution < 1.29 is 9.90 Å². The Morgan fingerprint density at radius 1 is 1.25 bits per heavy atom. The van der Waals surface area contributed by atoms with Crippen molar-refractivity contribution in [3.8, 4) is 0 Å². The van der Waals surface area contributed by atoms with Crippen LogP contribution >= 0.6 is 0 Å². The van der Waals surface area contributed by atoms with Crippen LogP contribution in [0.5, 0.6) is 0 Å². The molecule has 0 aromatic rings. The van der Waals surface area contributed by atoms with Crippen LogP contribution in [0.3, 0.4) is 0 Å². The van der Waals surface area contributed by atoms with Crippen LogP contribution in [0.25, 0.3) is 0 Å². The van der Waals surface area contributed by atoms with Crippen molar-refractivity contribution in [2.24, 2.45) is 10.8 Å². The maximum absolute atomic E-state index is 12.1. The fourth-order valence-corrected chi connectivity index (χ4v) is 2.79. The first-order valence-electron chi connectivity index (χ1n) is 6.50. The van der Waals surface area contributed by atoms with Crippen molar-refractivity contribution in [1.29, 1.82) is 0 Å². The van der Waals surface area contributed by atoms with E-state index in [2.05, 4.69) is 12.2 Å². The normalized spacial score (nSPS) is 25.4. The van der Waals surface area contributed by atoms with E-state index < -0.39 is 0 Å². The zero-order chi connectivity index (χ0) is 11.6. The zero-order valence-corrected chi connectivity index (χ0v) is 10.2. The van der Waals surface area contributed by atoms with Crippen LogP contribution < -0.4 is 5.32 Å². The second-order valence-electron chi connectivity index (χ2n) is 5.92. The molecule has 92 valence electrons. The van der Waals surface area contributed by atoms with Gasteiger partial charge >= 0.3 is 0 Å². The number of nitrogens with one attached hydrogen (secondary N) is 1. The van der Waals surface area contributed by atoms with E-state index in [1.807, 2.05) is 0 Å². The second-order valence-corrected chi connectivity index (χ2v) is 5.92. The van der Waals surface area contributed by atoms with Crippen molar-refractivity contribution in [3.05, 3.63) is 0 Å². The van der Waals surface area contributed by atoms with E-state index in [0.29, 0.717) is 0 Å². The van der Waals surface area contributed by atoms with E-state index >= 15 is 0 Å². The Kier molecular flexibility index (Phi) is 3.24. The molecule has 2 aliphatic rings. The fourth-order valence-electron chi connectivity index (χ4n) is 2.79. The van der Waals surface area contributed by atoms with Gasteiger partial charge in [0.25, 0.3) is 0 Å². The molecule has 0 aliphatic heterocycles. The van der Waals surface area contributed by atoms with Gasteiger partial charge in [0, 0.05) is 18.6 Å². The summed E-state index contributed by atoms with van der Waals surface area (Å²) in [5.41, 5.74) is 0.120. The van der Waals surface area contributed by atoms with E-state index in [1.165, 1.54) is 12.8 Å². The topological polar surface area (TPSA) is 49.3 Å². The van der Waals surface area contributed by atoms with Gasteiger partial charge in [-0.05, 0) is 37.5 Å². The number of amides is 1. The highest BCUT2D eigenvalue weighted by Crippen LogP contribution is 2.48. The first-order chi connectivity index (χ1) is 7.60. The van der Waals surface area contributed by atoms with Gasteiger partial charge in [-0.3, -0.25) is 4.79 Å². The molecule has 0 spiro atoms. The highest BCUT2D eigenvalue weighted by molar-refractivity contribution is 5.82. The molecule has 2 saturated carbocycles. The highest BCUT2D eigenvalue weighted by atomic mass is 16.3. The van der Waals surface area contributed by atoms with Crippen molar-refractivity contribution in [1.82, 2.24) is 5.32 Å². The Labute approximate surface area is 97.6 Å². The van der Waals surface area contributed by atoms with Gasteiger partial charge in [-0.1, -0.05) is 19.8 Å². The molecule has 0 unspecified atom stereocenters. The van der Waals surface area contributed by atoms with Gasteiger partial charge in [0.1, 0.15) is 0 Å². The quantitative estimate of drug-likeness (QED) is 0.750. The SMILES string of the molecule is CC1(C(=O)NCC2(CCO)CC2)CCCC1. The minimum atomic E-state index is -0.116. The average Bonchev–Trinajstić information content (AvgIpc) is 2.88. The lowest BCUT2D eigenvalue weighted by Crippen LogP contribution is -2.40. The summed E-state index contributed by atoms with van der Waals surface area (Å²) in [7, 11) is 0. The molecule has 3 nitrogen and oxygen atoms in total. The first kappa shape index (κ1) is 11.9. The Hall–Kier alpha value is -0.570. The van der Waals surface area contributed by atoms with Crippen LogP contribution in [0.15, 0.2) is 0 Å². The van der Waals surface area contributed by atoms with Crippen LogP contribution in [-0.4, -0.2) is 24.2 Å². The van der Waals surface area contributed by atoms with Gasteiger partial charge in [-0.15, -0.1) is 0 Å². The molecule has 2 N–H and O–H groups in total. The molecule has 0 heterocycles. The molecule has 2 aliphatic carbocycles. The van der Waals surface area contributed by atoms with Crippen molar-refractivity contribution in [3.63, 3.8) is 0 Å². The summed E-state index contributed by atoms with van der Waals surface area (Å²) in [6, 6.07) is 0. The molecule has 0 aromatic carbocycles. The Morgan fingerprint density at radius 3 is 2.38 bits per heavy atom. The van der Waals surface area contributed by atoms with Crippen molar-refractivity contribution >= 4 is 5.91 Å². The number of carbonyl (C=O) groups is 1. The number of carbonyl (C=O) groups excluding carboxylic acids is 1. The van der Waals surface area contributed by atoms with Gasteiger partial charge in [0.05, 0.1) is 0 Å². The lowest BCUT2D eigenvalue weighted by molar-refractivity contribution is -0.130. The van der Waals surface area contributed by atoms with Crippen molar-refractivity contribution in [2.45, 2.75) is 51.9 Å². The summed E-state index contributed by atoms with van der Waals surface area (Å²) in [6.07, 6.45) is 7.59. The van der Waals surface area contributed by atoms with Crippen molar-refractivity contribution in [2.75, 3.05) is 13.2 Å². The van der Waals surface area contributed by atoms with Crippen LogP contribution in [-0.2, 0) is 4.79 Å². The van der Waals surface area contributed by atoms with E-state index in [-0.39, 0.29) is 23.3 Å². The van der Waals surface area contributed by atoms with Gasteiger partial charge in [0.15, 0.2) is 0 Å². The molecule has 0 bridgehead atoms. The molecule has 0 atom stereocenters. The molecular weight excluding hydrogens is 202 g/mol. The monoisotopic (exact) mass is 225 g/mol. The fraction of sp³-hybridized carbons (Fsp3) is 0.923. The van der Waals surface area contributed by atoms with Crippen LogP contribution in [0, 0.1) is 10.8 Å². The van der Waals surface area contributed by atoms with Gasteiger partial charge < -0.3 is 10.4 Å². The number of aliphatic hydroxyl groups is 1. The molecule has 2 rings (SSSR count). The minimum absolute atomic E-state index is 0.116. The number of rotatable bonds is 5. The standard InChI is InChI=1S/C13H23NO2/c1-12(4-2-3-5-12)11(16)14-10-13(6-7-13)8-9-15/h15H,2-10H2,1H3,(H,14,16). The minimum Gasteiger partial charge on any atom is -0.396 e. The van der Waals surface area contributed by atoms with Gasteiger partial charge in [0.2, 0.25) is 5.91 Å². The number of hydrogen-bond acceptors (Lipinski definition) is 2. The molecule has 16 heavy (non-hydrogen) atoms. The molecule has 0 saturated heterocycles. The third-order valence-corrected chi connectivity index (χ3v) is 4.48. The van der Waals surface area contributed by atoms with E-state index in [1.54, 1.807) is 0 Å².